The number of carbonyl (C=O) groups is 2. The van der Waals surface area contributed by atoms with Crippen LogP contribution in [0.25, 0.3) is 0 Å². The first-order valence-corrected chi connectivity index (χ1v) is 7.52. The van der Waals surface area contributed by atoms with Crippen molar-refractivity contribution >= 4 is 23.6 Å². The van der Waals surface area contributed by atoms with Crippen molar-refractivity contribution in [1.82, 2.24) is 10.2 Å². The summed E-state index contributed by atoms with van der Waals surface area (Å²) >= 11 is 6.00. The average Bonchev–Trinajstić information content (AvgIpc) is 2.84. The summed E-state index contributed by atoms with van der Waals surface area (Å²) in [4.78, 5) is 25.1. The molecule has 0 radical (unpaired) electrons. The number of nitrogens with one attached hydrogen (secondary N) is 1. The number of esters is 1. The van der Waals surface area contributed by atoms with Crippen molar-refractivity contribution in [2.24, 2.45) is 0 Å². The molecule has 3 rings (SSSR count). The van der Waals surface area contributed by atoms with Crippen LogP contribution in [0.4, 0.5) is 4.79 Å². The molecule has 1 fully saturated rings. The largest absolute Gasteiger partial charge is 0.456 e. The van der Waals surface area contributed by atoms with Crippen LogP contribution >= 0.6 is 11.6 Å². The van der Waals surface area contributed by atoms with Gasteiger partial charge >= 0.3 is 12.0 Å². The highest BCUT2D eigenvalue weighted by Gasteiger charge is 2.28. The Morgan fingerprint density at radius 3 is 3.14 bits per heavy atom. The second-order valence-corrected chi connectivity index (χ2v) is 5.80. The van der Waals surface area contributed by atoms with Crippen molar-refractivity contribution in [2.45, 2.75) is 25.4 Å². The van der Waals surface area contributed by atoms with Crippen LogP contribution in [0.2, 0.25) is 5.02 Å². The molecule has 1 aromatic rings. The molecule has 1 aliphatic heterocycles. The average molecular weight is 309 g/mol. The second-order valence-electron chi connectivity index (χ2n) is 5.37. The maximum absolute atomic E-state index is 12.0. The summed E-state index contributed by atoms with van der Waals surface area (Å²) in [5.74, 6) is -0.370. The van der Waals surface area contributed by atoms with Gasteiger partial charge in [-0.05, 0) is 42.5 Å². The van der Waals surface area contributed by atoms with Gasteiger partial charge < -0.3 is 15.0 Å². The van der Waals surface area contributed by atoms with E-state index in [1.807, 2.05) is 18.2 Å². The maximum atomic E-state index is 12.0. The van der Waals surface area contributed by atoms with Crippen molar-refractivity contribution in [3.05, 3.63) is 34.3 Å². The van der Waals surface area contributed by atoms with E-state index in [0.717, 1.165) is 24.8 Å². The summed E-state index contributed by atoms with van der Waals surface area (Å²) in [6.07, 6.45) is 2.25. The Hall–Kier alpha value is -1.75. The topological polar surface area (TPSA) is 58.6 Å². The first-order valence-electron chi connectivity index (χ1n) is 7.14. The molecule has 1 saturated heterocycles. The highest BCUT2D eigenvalue weighted by Crippen LogP contribution is 2.35. The van der Waals surface area contributed by atoms with Crippen LogP contribution in [0.3, 0.4) is 0 Å². The fourth-order valence-corrected chi connectivity index (χ4v) is 3.02. The number of benzene rings is 1. The number of halogens is 1. The molecular weight excluding hydrogens is 292 g/mol. The van der Waals surface area contributed by atoms with E-state index in [2.05, 4.69) is 5.32 Å². The highest BCUT2D eigenvalue weighted by atomic mass is 35.5. The maximum Gasteiger partial charge on any atom is 0.326 e. The zero-order chi connectivity index (χ0) is 14.8. The minimum atomic E-state index is -0.370. The first kappa shape index (κ1) is 14.2. The van der Waals surface area contributed by atoms with Crippen LogP contribution in [-0.4, -0.2) is 36.5 Å². The summed E-state index contributed by atoms with van der Waals surface area (Å²) in [5, 5.41) is 3.36. The fourth-order valence-electron chi connectivity index (χ4n) is 2.84. The SMILES string of the molecule is O=C(CN1CCCNC1=O)OC1CCc2ccc(Cl)cc21. The monoisotopic (exact) mass is 308 g/mol. The molecule has 0 bridgehead atoms. The molecule has 1 N–H and O–H groups in total. The molecule has 1 aromatic carbocycles. The van der Waals surface area contributed by atoms with Crippen LogP contribution in [0, 0.1) is 0 Å². The molecule has 0 aromatic heterocycles. The smallest absolute Gasteiger partial charge is 0.326 e. The Bertz CT molecular complexity index is 576. The van der Waals surface area contributed by atoms with E-state index < -0.39 is 0 Å². The van der Waals surface area contributed by atoms with Gasteiger partial charge in [0, 0.05) is 18.1 Å². The van der Waals surface area contributed by atoms with E-state index in [9.17, 15) is 9.59 Å². The van der Waals surface area contributed by atoms with Crippen molar-refractivity contribution in [2.75, 3.05) is 19.6 Å². The number of hydrogen-bond donors (Lipinski definition) is 1. The number of rotatable bonds is 3. The van der Waals surface area contributed by atoms with Gasteiger partial charge in [0.1, 0.15) is 12.6 Å². The molecule has 2 amide bonds. The number of carbonyl (C=O) groups excluding carboxylic acids is 2. The van der Waals surface area contributed by atoms with E-state index >= 15 is 0 Å². The quantitative estimate of drug-likeness (QED) is 0.872. The molecule has 112 valence electrons. The van der Waals surface area contributed by atoms with E-state index in [-0.39, 0.29) is 24.6 Å². The predicted octanol–water partition coefficient (Wildman–Crippen LogP) is 2.29. The van der Waals surface area contributed by atoms with Gasteiger partial charge in [-0.3, -0.25) is 4.79 Å². The predicted molar refractivity (Wildman–Crippen MR) is 78.2 cm³/mol. The summed E-state index contributed by atoms with van der Waals surface area (Å²) in [6, 6.07) is 5.48. The third kappa shape index (κ3) is 3.13. The van der Waals surface area contributed by atoms with Crippen molar-refractivity contribution in [3.63, 3.8) is 0 Å². The second kappa shape index (κ2) is 5.93. The number of ether oxygens (including phenoxy) is 1. The van der Waals surface area contributed by atoms with Gasteiger partial charge in [-0.2, -0.15) is 0 Å². The van der Waals surface area contributed by atoms with Gasteiger partial charge in [-0.15, -0.1) is 0 Å². The normalized spacial score (nSPS) is 20.9. The van der Waals surface area contributed by atoms with Gasteiger partial charge in [-0.25, -0.2) is 4.79 Å². The van der Waals surface area contributed by atoms with Gasteiger partial charge in [0.25, 0.3) is 0 Å². The lowest BCUT2D eigenvalue weighted by molar-refractivity contribution is -0.150. The highest BCUT2D eigenvalue weighted by molar-refractivity contribution is 6.30. The number of urea groups is 1. The Morgan fingerprint density at radius 2 is 2.33 bits per heavy atom. The van der Waals surface area contributed by atoms with Gasteiger partial charge in [-0.1, -0.05) is 17.7 Å². The molecule has 5 nitrogen and oxygen atoms in total. The summed E-state index contributed by atoms with van der Waals surface area (Å²) < 4.78 is 5.52. The molecule has 1 aliphatic carbocycles. The Labute approximate surface area is 128 Å². The van der Waals surface area contributed by atoms with E-state index in [4.69, 9.17) is 16.3 Å². The zero-order valence-corrected chi connectivity index (χ0v) is 12.4. The Balaban J connectivity index is 1.61. The number of nitrogens with zero attached hydrogens (tertiary/aromatic N) is 1. The third-order valence-corrected chi connectivity index (χ3v) is 4.13. The lowest BCUT2D eigenvalue weighted by Crippen LogP contribution is -2.48. The van der Waals surface area contributed by atoms with Crippen LogP contribution in [0.5, 0.6) is 0 Å². The van der Waals surface area contributed by atoms with Crippen molar-refractivity contribution in [1.29, 1.82) is 0 Å². The fraction of sp³-hybridized carbons (Fsp3) is 0.467. The van der Waals surface area contributed by atoms with Crippen molar-refractivity contribution < 1.29 is 14.3 Å². The van der Waals surface area contributed by atoms with E-state index in [0.29, 0.717) is 18.1 Å². The number of aryl methyl sites for hydroxylation is 1. The van der Waals surface area contributed by atoms with Gasteiger partial charge in [0.15, 0.2) is 0 Å². The Kier molecular flexibility index (Phi) is 4.01. The van der Waals surface area contributed by atoms with Gasteiger partial charge in [0.05, 0.1) is 0 Å². The van der Waals surface area contributed by atoms with E-state index in [1.54, 1.807) is 0 Å². The van der Waals surface area contributed by atoms with Crippen LogP contribution < -0.4 is 5.32 Å². The van der Waals surface area contributed by atoms with Crippen molar-refractivity contribution in [3.8, 4) is 0 Å². The molecule has 0 spiro atoms. The third-order valence-electron chi connectivity index (χ3n) is 3.89. The zero-order valence-electron chi connectivity index (χ0n) is 11.6. The van der Waals surface area contributed by atoms with Crippen LogP contribution in [0.15, 0.2) is 18.2 Å². The molecule has 1 unspecified atom stereocenters. The molecule has 21 heavy (non-hydrogen) atoms. The standard InChI is InChI=1S/C15H17ClN2O3/c16-11-4-2-10-3-5-13(12(10)8-11)21-14(19)9-18-7-1-6-17-15(18)20/h2,4,8,13H,1,3,5-7,9H2,(H,17,20). The molecule has 1 atom stereocenters. The lowest BCUT2D eigenvalue weighted by Gasteiger charge is -2.27. The number of fused-ring (bicyclic) bond motifs is 1. The minimum absolute atomic E-state index is 0.00175. The summed E-state index contributed by atoms with van der Waals surface area (Å²) in [7, 11) is 0. The summed E-state index contributed by atoms with van der Waals surface area (Å²) in [5.41, 5.74) is 2.16. The molecule has 6 heteroatoms. The van der Waals surface area contributed by atoms with E-state index in [1.165, 1.54) is 10.5 Å². The number of amides is 2. The van der Waals surface area contributed by atoms with Gasteiger partial charge in [0.2, 0.25) is 0 Å². The molecule has 1 heterocycles. The van der Waals surface area contributed by atoms with Crippen LogP contribution in [-0.2, 0) is 16.0 Å². The lowest BCUT2D eigenvalue weighted by atomic mass is 10.1. The molecular formula is C15H17ClN2O3. The first-order chi connectivity index (χ1) is 10.1. The Morgan fingerprint density at radius 1 is 1.48 bits per heavy atom. The molecule has 2 aliphatic rings. The number of hydrogen-bond acceptors (Lipinski definition) is 3. The molecule has 0 saturated carbocycles. The minimum Gasteiger partial charge on any atom is -0.456 e. The summed E-state index contributed by atoms with van der Waals surface area (Å²) in [6.45, 7) is 1.26. The van der Waals surface area contributed by atoms with Crippen LogP contribution in [0.1, 0.15) is 30.1 Å².